The van der Waals surface area contributed by atoms with Crippen molar-refractivity contribution in [3.05, 3.63) is 35.9 Å². The summed E-state index contributed by atoms with van der Waals surface area (Å²) in [7, 11) is 3.35. The molecule has 1 atom stereocenters. The van der Waals surface area contributed by atoms with Gasteiger partial charge in [-0.05, 0) is 25.6 Å². The Morgan fingerprint density at radius 3 is 2.38 bits per heavy atom. The monoisotopic (exact) mass is 333 g/mol. The lowest BCUT2D eigenvalue weighted by atomic mass is 10.0. The van der Waals surface area contributed by atoms with E-state index in [0.717, 1.165) is 18.5 Å². The van der Waals surface area contributed by atoms with Crippen molar-refractivity contribution in [2.75, 3.05) is 46.9 Å². The molecule has 0 aromatic heterocycles. The first kappa shape index (κ1) is 18.3. The maximum Gasteiger partial charge on any atom is 0.409 e. The quantitative estimate of drug-likeness (QED) is 0.845. The van der Waals surface area contributed by atoms with Gasteiger partial charge in [-0.25, -0.2) is 4.79 Å². The Bertz CT molecular complexity index is 550. The molecule has 0 N–H and O–H groups in total. The molecule has 1 unspecified atom stereocenters. The van der Waals surface area contributed by atoms with Gasteiger partial charge in [0.2, 0.25) is 5.91 Å². The van der Waals surface area contributed by atoms with Gasteiger partial charge in [0.15, 0.2) is 0 Å². The number of rotatable bonds is 4. The summed E-state index contributed by atoms with van der Waals surface area (Å²) in [6.07, 6.45) is 0.438. The number of hydrogen-bond acceptors (Lipinski definition) is 4. The second kappa shape index (κ2) is 8.68. The van der Waals surface area contributed by atoms with Crippen LogP contribution in [0.1, 0.15) is 24.9 Å². The Balaban J connectivity index is 2.13. The Labute approximate surface area is 144 Å². The second-order valence-electron chi connectivity index (χ2n) is 6.02. The number of likely N-dealkylation sites (N-methyl/N-ethyl adjacent to an activating group) is 1. The third kappa shape index (κ3) is 4.26. The number of hydrogen-bond donors (Lipinski definition) is 0. The number of amides is 2. The molecule has 0 aliphatic carbocycles. The van der Waals surface area contributed by atoms with Crippen LogP contribution in [0.3, 0.4) is 0 Å². The molecule has 1 aromatic carbocycles. The lowest BCUT2D eigenvalue weighted by Crippen LogP contribution is -2.43. The van der Waals surface area contributed by atoms with E-state index < -0.39 is 0 Å². The summed E-state index contributed by atoms with van der Waals surface area (Å²) in [6.45, 7) is 5.16. The van der Waals surface area contributed by atoms with Crippen LogP contribution >= 0.6 is 0 Å². The fourth-order valence-electron chi connectivity index (χ4n) is 3.03. The highest BCUT2D eigenvalue weighted by molar-refractivity contribution is 5.83. The van der Waals surface area contributed by atoms with Crippen molar-refractivity contribution in [3.63, 3.8) is 0 Å². The number of benzene rings is 1. The van der Waals surface area contributed by atoms with Gasteiger partial charge in [-0.2, -0.15) is 0 Å². The van der Waals surface area contributed by atoms with Crippen LogP contribution in [0.15, 0.2) is 30.3 Å². The molecule has 2 rings (SSSR count). The molecular weight excluding hydrogens is 306 g/mol. The third-order valence-corrected chi connectivity index (χ3v) is 4.53. The molecular formula is C18H27N3O3. The Hall–Kier alpha value is -2.08. The number of methoxy groups -OCH3 is 1. The molecule has 1 aliphatic rings. The van der Waals surface area contributed by atoms with Crippen LogP contribution in [0.2, 0.25) is 0 Å². The van der Waals surface area contributed by atoms with Crippen molar-refractivity contribution in [1.82, 2.24) is 14.7 Å². The summed E-state index contributed by atoms with van der Waals surface area (Å²) in [5.74, 6) is 0.0947. The van der Waals surface area contributed by atoms with Crippen molar-refractivity contribution >= 4 is 12.0 Å². The molecule has 1 fully saturated rings. The van der Waals surface area contributed by atoms with Gasteiger partial charge in [-0.1, -0.05) is 37.3 Å². The van der Waals surface area contributed by atoms with Gasteiger partial charge >= 0.3 is 6.09 Å². The number of carbonyl (C=O) groups excluding carboxylic acids is 2. The lowest BCUT2D eigenvalue weighted by Gasteiger charge is -2.31. The van der Waals surface area contributed by atoms with Gasteiger partial charge in [-0.15, -0.1) is 0 Å². The second-order valence-corrected chi connectivity index (χ2v) is 6.02. The Kier molecular flexibility index (Phi) is 6.61. The van der Waals surface area contributed by atoms with Crippen molar-refractivity contribution in [3.8, 4) is 0 Å². The maximum atomic E-state index is 13.1. The fraction of sp³-hybridized carbons (Fsp3) is 0.556. The first-order valence-electron chi connectivity index (χ1n) is 8.45. The van der Waals surface area contributed by atoms with Gasteiger partial charge in [-0.3, -0.25) is 9.69 Å². The van der Waals surface area contributed by atoms with Crippen LogP contribution in [0, 0.1) is 0 Å². The number of ether oxygens (including phenoxy) is 1. The van der Waals surface area contributed by atoms with Crippen LogP contribution in [0.25, 0.3) is 0 Å². The van der Waals surface area contributed by atoms with E-state index >= 15 is 0 Å². The zero-order chi connectivity index (χ0) is 17.5. The Morgan fingerprint density at radius 1 is 1.12 bits per heavy atom. The third-order valence-electron chi connectivity index (χ3n) is 4.53. The molecule has 6 nitrogen and oxygen atoms in total. The van der Waals surface area contributed by atoms with E-state index in [2.05, 4.69) is 4.90 Å². The largest absolute Gasteiger partial charge is 0.453 e. The minimum Gasteiger partial charge on any atom is -0.453 e. The molecule has 0 spiro atoms. The van der Waals surface area contributed by atoms with Gasteiger partial charge < -0.3 is 14.5 Å². The molecule has 0 bridgehead atoms. The van der Waals surface area contributed by atoms with Crippen LogP contribution < -0.4 is 0 Å². The van der Waals surface area contributed by atoms with E-state index in [9.17, 15) is 9.59 Å². The predicted octanol–water partition coefficient (Wildman–Crippen LogP) is 1.98. The molecule has 1 aromatic rings. The van der Waals surface area contributed by atoms with Crippen LogP contribution in [0.4, 0.5) is 4.79 Å². The van der Waals surface area contributed by atoms with E-state index in [1.54, 1.807) is 4.90 Å². The smallest absolute Gasteiger partial charge is 0.409 e. The summed E-state index contributed by atoms with van der Waals surface area (Å²) < 4.78 is 4.79. The summed E-state index contributed by atoms with van der Waals surface area (Å²) in [6, 6.07) is 9.57. The van der Waals surface area contributed by atoms with Gasteiger partial charge in [0, 0.05) is 26.2 Å². The molecule has 132 valence electrons. The van der Waals surface area contributed by atoms with Crippen LogP contribution in [-0.4, -0.2) is 73.6 Å². The molecule has 24 heavy (non-hydrogen) atoms. The van der Waals surface area contributed by atoms with Crippen molar-refractivity contribution < 1.29 is 14.3 Å². The summed E-state index contributed by atoms with van der Waals surface area (Å²) in [5.41, 5.74) is 1.00. The normalized spacial score (nSPS) is 16.7. The fourth-order valence-corrected chi connectivity index (χ4v) is 3.03. The first-order chi connectivity index (χ1) is 11.6. The van der Waals surface area contributed by atoms with E-state index in [1.165, 1.54) is 7.11 Å². The number of carbonyl (C=O) groups is 2. The predicted molar refractivity (Wildman–Crippen MR) is 92.7 cm³/mol. The van der Waals surface area contributed by atoms with Crippen molar-refractivity contribution in [1.29, 1.82) is 0 Å². The summed E-state index contributed by atoms with van der Waals surface area (Å²) in [5, 5.41) is 0. The van der Waals surface area contributed by atoms with E-state index in [4.69, 9.17) is 4.74 Å². The molecule has 2 amide bonds. The molecule has 6 heteroatoms. The van der Waals surface area contributed by atoms with Crippen molar-refractivity contribution in [2.24, 2.45) is 0 Å². The van der Waals surface area contributed by atoms with Gasteiger partial charge in [0.1, 0.15) is 6.04 Å². The van der Waals surface area contributed by atoms with Gasteiger partial charge in [0.05, 0.1) is 7.11 Å². The first-order valence-corrected chi connectivity index (χ1v) is 8.45. The molecule has 1 saturated heterocycles. The van der Waals surface area contributed by atoms with Crippen molar-refractivity contribution in [2.45, 2.75) is 19.4 Å². The molecule has 0 saturated carbocycles. The zero-order valence-electron chi connectivity index (χ0n) is 14.8. The van der Waals surface area contributed by atoms with Crippen LogP contribution in [-0.2, 0) is 9.53 Å². The number of nitrogens with zero attached hydrogens (tertiary/aromatic N) is 3. The maximum absolute atomic E-state index is 13.1. The minimum atomic E-state index is -0.324. The van der Waals surface area contributed by atoms with Crippen LogP contribution in [0.5, 0.6) is 0 Å². The minimum absolute atomic E-state index is 0.0947. The molecule has 0 radical (unpaired) electrons. The average Bonchev–Trinajstić information content (AvgIpc) is 2.88. The summed E-state index contributed by atoms with van der Waals surface area (Å²) in [4.78, 5) is 30.4. The van der Waals surface area contributed by atoms with Gasteiger partial charge in [0.25, 0.3) is 0 Å². The zero-order valence-corrected chi connectivity index (χ0v) is 14.8. The van der Waals surface area contributed by atoms with E-state index in [0.29, 0.717) is 26.2 Å². The SMILES string of the molecule is CCN(C)C(C(=O)N1CCCN(C(=O)OC)CC1)c1ccccc1. The Morgan fingerprint density at radius 2 is 1.75 bits per heavy atom. The molecule has 1 aliphatic heterocycles. The average molecular weight is 333 g/mol. The standard InChI is InChI=1S/C18H27N3O3/c1-4-19(2)16(15-9-6-5-7-10-15)17(22)20-11-8-12-21(14-13-20)18(23)24-3/h5-7,9-10,16H,4,8,11-14H2,1-3H3. The van der Waals surface area contributed by atoms with E-state index in [1.807, 2.05) is 49.2 Å². The highest BCUT2D eigenvalue weighted by atomic mass is 16.5. The lowest BCUT2D eigenvalue weighted by molar-refractivity contribution is -0.136. The molecule has 1 heterocycles. The summed E-state index contributed by atoms with van der Waals surface area (Å²) >= 11 is 0. The highest BCUT2D eigenvalue weighted by Gasteiger charge is 2.30. The van der Waals surface area contributed by atoms with E-state index in [-0.39, 0.29) is 18.0 Å². The highest BCUT2D eigenvalue weighted by Crippen LogP contribution is 2.22. The topological polar surface area (TPSA) is 53.1 Å².